The molecule has 0 atom stereocenters. The molecule has 2 aromatic carbocycles. The number of amides is 3. The van der Waals surface area contributed by atoms with Crippen molar-refractivity contribution in [2.75, 3.05) is 17.7 Å². The maximum atomic E-state index is 12.3. The van der Waals surface area contributed by atoms with E-state index in [2.05, 4.69) is 26.6 Å². The lowest BCUT2D eigenvalue weighted by Gasteiger charge is -2.19. The summed E-state index contributed by atoms with van der Waals surface area (Å²) in [4.78, 5) is 25.7. The van der Waals surface area contributed by atoms with Crippen LogP contribution in [0.25, 0.3) is 0 Å². The van der Waals surface area contributed by atoms with Crippen LogP contribution in [0.15, 0.2) is 53.0 Å². The second-order valence-electron chi connectivity index (χ2n) is 6.60. The monoisotopic (exact) mass is 417 g/mol. The molecule has 5 nitrogen and oxygen atoms in total. The molecule has 0 bridgehead atoms. The Morgan fingerprint density at radius 3 is 2.15 bits per heavy atom. The van der Waals surface area contributed by atoms with Crippen molar-refractivity contribution in [2.45, 2.75) is 26.8 Å². The van der Waals surface area contributed by atoms with Crippen molar-refractivity contribution in [1.82, 2.24) is 4.90 Å². The molecule has 3 amide bonds. The third kappa shape index (κ3) is 6.19. The molecule has 6 heteroatoms. The van der Waals surface area contributed by atoms with E-state index in [9.17, 15) is 9.59 Å². The molecule has 0 spiro atoms. The van der Waals surface area contributed by atoms with E-state index >= 15 is 0 Å². The van der Waals surface area contributed by atoms with E-state index in [1.54, 1.807) is 36.2 Å². The molecule has 138 valence electrons. The maximum absolute atomic E-state index is 12.3. The molecule has 0 unspecified atom stereocenters. The minimum Gasteiger partial charge on any atom is -0.326 e. The summed E-state index contributed by atoms with van der Waals surface area (Å²) in [5.74, 6) is 0.304. The third-order valence-corrected chi connectivity index (χ3v) is 4.50. The SMILES string of the molecule is CC(C)CC(=O)Nc1ccc(NC(=O)N(C)Cc2ccccc2Br)cc1. The van der Waals surface area contributed by atoms with E-state index in [1.807, 2.05) is 38.1 Å². The van der Waals surface area contributed by atoms with Gasteiger partial charge in [0.2, 0.25) is 5.91 Å². The van der Waals surface area contributed by atoms with E-state index in [1.165, 1.54) is 0 Å². The number of carbonyl (C=O) groups excluding carboxylic acids is 2. The molecular weight excluding hydrogens is 394 g/mol. The molecule has 2 N–H and O–H groups in total. The Morgan fingerprint density at radius 2 is 1.58 bits per heavy atom. The molecule has 2 rings (SSSR count). The van der Waals surface area contributed by atoms with Crippen molar-refractivity contribution in [3.8, 4) is 0 Å². The average molecular weight is 418 g/mol. The molecule has 0 aliphatic heterocycles. The van der Waals surface area contributed by atoms with Gasteiger partial charge >= 0.3 is 6.03 Å². The van der Waals surface area contributed by atoms with Gasteiger partial charge in [0.1, 0.15) is 0 Å². The lowest BCUT2D eigenvalue weighted by atomic mass is 10.1. The van der Waals surface area contributed by atoms with Gasteiger partial charge in [-0.3, -0.25) is 4.79 Å². The van der Waals surface area contributed by atoms with Crippen LogP contribution in [0, 0.1) is 5.92 Å². The standard InChI is InChI=1S/C20H24BrN3O2/c1-14(2)12-19(25)22-16-8-10-17(11-9-16)23-20(26)24(3)13-15-6-4-5-7-18(15)21/h4-11,14H,12-13H2,1-3H3,(H,22,25)(H,23,26). The van der Waals surface area contributed by atoms with E-state index in [4.69, 9.17) is 0 Å². The average Bonchev–Trinajstić information content (AvgIpc) is 2.57. The Bertz CT molecular complexity index is 760. The summed E-state index contributed by atoms with van der Waals surface area (Å²) in [6, 6.07) is 14.7. The number of rotatable bonds is 6. The van der Waals surface area contributed by atoms with Crippen molar-refractivity contribution in [3.63, 3.8) is 0 Å². The summed E-state index contributed by atoms with van der Waals surface area (Å²) >= 11 is 3.49. The first-order chi connectivity index (χ1) is 12.3. The topological polar surface area (TPSA) is 61.4 Å². The van der Waals surface area contributed by atoms with Crippen molar-refractivity contribution in [1.29, 1.82) is 0 Å². The van der Waals surface area contributed by atoms with Crippen molar-refractivity contribution in [2.24, 2.45) is 5.92 Å². The van der Waals surface area contributed by atoms with E-state index in [0.29, 0.717) is 24.6 Å². The summed E-state index contributed by atoms with van der Waals surface area (Å²) in [5.41, 5.74) is 2.43. The van der Waals surface area contributed by atoms with Crippen LogP contribution >= 0.6 is 15.9 Å². The smallest absolute Gasteiger partial charge is 0.321 e. The van der Waals surface area contributed by atoms with Gasteiger partial charge in [-0.2, -0.15) is 0 Å². The molecule has 0 heterocycles. The Hall–Kier alpha value is -2.34. The molecule has 26 heavy (non-hydrogen) atoms. The largest absolute Gasteiger partial charge is 0.326 e. The Balaban J connectivity index is 1.90. The van der Waals surface area contributed by atoms with Gasteiger partial charge in [0.25, 0.3) is 0 Å². The van der Waals surface area contributed by atoms with Crippen LogP contribution in [-0.2, 0) is 11.3 Å². The fourth-order valence-electron chi connectivity index (χ4n) is 2.39. The quantitative estimate of drug-likeness (QED) is 0.686. The van der Waals surface area contributed by atoms with E-state index < -0.39 is 0 Å². The van der Waals surface area contributed by atoms with Crippen LogP contribution in [0.1, 0.15) is 25.8 Å². The Morgan fingerprint density at radius 1 is 1.00 bits per heavy atom. The number of urea groups is 1. The Labute approximate surface area is 162 Å². The predicted octanol–water partition coefficient (Wildman–Crippen LogP) is 5.10. The first kappa shape index (κ1) is 20.0. The molecule has 0 fully saturated rings. The van der Waals surface area contributed by atoms with E-state index in [0.717, 1.165) is 15.7 Å². The highest BCUT2D eigenvalue weighted by Gasteiger charge is 2.11. The van der Waals surface area contributed by atoms with Gasteiger partial charge in [-0.05, 0) is 41.8 Å². The maximum Gasteiger partial charge on any atom is 0.321 e. The highest BCUT2D eigenvalue weighted by molar-refractivity contribution is 9.10. The van der Waals surface area contributed by atoms with Crippen LogP contribution < -0.4 is 10.6 Å². The van der Waals surface area contributed by atoms with Crippen LogP contribution in [0.4, 0.5) is 16.2 Å². The molecule has 0 aliphatic carbocycles. The molecular formula is C20H24BrN3O2. The van der Waals surface area contributed by atoms with Gasteiger partial charge in [-0.25, -0.2) is 4.79 Å². The predicted molar refractivity (Wildman–Crippen MR) is 109 cm³/mol. The minimum atomic E-state index is -0.197. The zero-order valence-corrected chi connectivity index (χ0v) is 16.8. The summed E-state index contributed by atoms with van der Waals surface area (Å²) in [5, 5.41) is 5.70. The van der Waals surface area contributed by atoms with Crippen LogP contribution in [0.5, 0.6) is 0 Å². The number of nitrogens with one attached hydrogen (secondary N) is 2. The summed E-state index contributed by atoms with van der Waals surface area (Å²) < 4.78 is 0.973. The van der Waals surface area contributed by atoms with Crippen LogP contribution in [0.2, 0.25) is 0 Å². The molecule has 0 aliphatic rings. The number of nitrogens with zero attached hydrogens (tertiary/aromatic N) is 1. The molecule has 0 aromatic heterocycles. The van der Waals surface area contributed by atoms with Crippen molar-refractivity contribution < 1.29 is 9.59 Å². The van der Waals surface area contributed by atoms with Gasteiger partial charge in [-0.1, -0.05) is 48.0 Å². The number of benzene rings is 2. The first-order valence-electron chi connectivity index (χ1n) is 8.50. The van der Waals surface area contributed by atoms with Gasteiger partial charge in [0.15, 0.2) is 0 Å². The number of anilines is 2. The van der Waals surface area contributed by atoms with Gasteiger partial charge in [0, 0.05) is 35.9 Å². The normalized spacial score (nSPS) is 10.5. The second-order valence-corrected chi connectivity index (χ2v) is 7.46. The number of carbonyl (C=O) groups is 2. The van der Waals surface area contributed by atoms with Crippen LogP contribution in [-0.4, -0.2) is 23.9 Å². The number of hydrogen-bond acceptors (Lipinski definition) is 2. The molecule has 0 radical (unpaired) electrons. The summed E-state index contributed by atoms with van der Waals surface area (Å²) in [7, 11) is 1.75. The first-order valence-corrected chi connectivity index (χ1v) is 9.30. The fourth-order valence-corrected chi connectivity index (χ4v) is 2.80. The number of halogens is 1. The van der Waals surface area contributed by atoms with E-state index in [-0.39, 0.29) is 11.9 Å². The molecule has 0 saturated heterocycles. The van der Waals surface area contributed by atoms with Crippen molar-refractivity contribution >= 4 is 39.2 Å². The zero-order valence-electron chi connectivity index (χ0n) is 15.3. The zero-order chi connectivity index (χ0) is 19.1. The minimum absolute atomic E-state index is 0.00930. The third-order valence-electron chi connectivity index (χ3n) is 3.73. The number of hydrogen-bond donors (Lipinski definition) is 2. The molecule has 2 aromatic rings. The summed E-state index contributed by atoms with van der Waals surface area (Å²) in [6.45, 7) is 4.50. The summed E-state index contributed by atoms with van der Waals surface area (Å²) in [6.07, 6.45) is 0.484. The van der Waals surface area contributed by atoms with Crippen molar-refractivity contribution in [3.05, 3.63) is 58.6 Å². The fraction of sp³-hybridized carbons (Fsp3) is 0.300. The lowest BCUT2D eigenvalue weighted by molar-refractivity contribution is -0.116. The molecule has 0 saturated carbocycles. The van der Waals surface area contributed by atoms with Gasteiger partial charge in [-0.15, -0.1) is 0 Å². The lowest BCUT2D eigenvalue weighted by Crippen LogP contribution is -2.30. The van der Waals surface area contributed by atoms with Crippen LogP contribution in [0.3, 0.4) is 0 Å². The second kappa shape index (κ2) is 9.38. The van der Waals surface area contributed by atoms with Gasteiger partial charge < -0.3 is 15.5 Å². The Kier molecular flexibility index (Phi) is 7.21. The van der Waals surface area contributed by atoms with Gasteiger partial charge in [0.05, 0.1) is 0 Å². The highest BCUT2D eigenvalue weighted by atomic mass is 79.9. The highest BCUT2D eigenvalue weighted by Crippen LogP contribution is 2.18.